The van der Waals surface area contributed by atoms with Gasteiger partial charge in [-0.15, -0.1) is 0 Å². The van der Waals surface area contributed by atoms with Gasteiger partial charge in [-0.25, -0.2) is 0 Å². The Hall–Kier alpha value is -0.260. The maximum absolute atomic E-state index is 11.7. The van der Waals surface area contributed by atoms with Crippen LogP contribution in [0.3, 0.4) is 0 Å². The molecule has 1 rings (SSSR count). The van der Waals surface area contributed by atoms with Crippen LogP contribution in [0.2, 0.25) is 0 Å². The number of amides is 1. The molecule has 5 heteroatoms. The van der Waals surface area contributed by atoms with Gasteiger partial charge < -0.3 is 15.7 Å². The summed E-state index contributed by atoms with van der Waals surface area (Å²) in [5, 5.41) is 15.2. The fourth-order valence-electron chi connectivity index (χ4n) is 1.41. The Morgan fingerprint density at radius 1 is 1.67 bits per heavy atom. The lowest BCUT2D eigenvalue weighted by atomic mass is 10.1. The molecule has 1 amide bonds. The van der Waals surface area contributed by atoms with E-state index in [0.29, 0.717) is 19.5 Å². The summed E-state index contributed by atoms with van der Waals surface area (Å²) >= 11 is 1.73. The Balaban J connectivity index is 2.30. The predicted molar refractivity (Wildman–Crippen MR) is 63.0 cm³/mol. The first kappa shape index (κ1) is 12.8. The van der Waals surface area contributed by atoms with Crippen LogP contribution >= 0.6 is 11.8 Å². The van der Waals surface area contributed by atoms with Crippen LogP contribution in [-0.2, 0) is 4.79 Å². The van der Waals surface area contributed by atoms with Crippen molar-refractivity contribution >= 4 is 17.7 Å². The van der Waals surface area contributed by atoms with Crippen LogP contribution in [0.15, 0.2) is 0 Å². The molecule has 1 aliphatic heterocycles. The summed E-state index contributed by atoms with van der Waals surface area (Å²) in [7, 11) is 0. The molecular weight excluding hydrogens is 212 g/mol. The van der Waals surface area contributed by atoms with Crippen LogP contribution in [0.5, 0.6) is 0 Å². The minimum absolute atomic E-state index is 0.00586. The molecule has 15 heavy (non-hydrogen) atoms. The lowest BCUT2D eigenvalue weighted by Crippen LogP contribution is -2.44. The molecule has 1 aliphatic rings. The van der Waals surface area contributed by atoms with Gasteiger partial charge in [0.2, 0.25) is 5.91 Å². The lowest BCUT2D eigenvalue weighted by molar-refractivity contribution is -0.123. The van der Waals surface area contributed by atoms with Gasteiger partial charge in [-0.1, -0.05) is 0 Å². The number of hydrogen-bond acceptors (Lipinski definition) is 4. The summed E-state index contributed by atoms with van der Waals surface area (Å²) < 4.78 is 0.0624. The molecular formula is C10H20N2O2S. The van der Waals surface area contributed by atoms with Crippen LogP contribution in [0.4, 0.5) is 0 Å². The van der Waals surface area contributed by atoms with Crippen molar-refractivity contribution in [3.05, 3.63) is 0 Å². The van der Waals surface area contributed by atoms with E-state index in [1.165, 1.54) is 0 Å². The molecule has 88 valence electrons. The van der Waals surface area contributed by atoms with Crippen molar-refractivity contribution in [1.82, 2.24) is 10.6 Å². The monoisotopic (exact) mass is 232 g/mol. The van der Waals surface area contributed by atoms with Gasteiger partial charge in [0.25, 0.3) is 0 Å². The zero-order chi connectivity index (χ0) is 11.5. The van der Waals surface area contributed by atoms with Crippen molar-refractivity contribution in [3.63, 3.8) is 0 Å². The molecule has 0 spiro atoms. The van der Waals surface area contributed by atoms with Crippen molar-refractivity contribution in [3.8, 4) is 0 Å². The third-order valence-electron chi connectivity index (χ3n) is 2.67. The number of aliphatic hydroxyl groups is 1. The standard InChI is InChI=1S/C10H20N2O2S/c1-10(2,15-3)6-12-9(14)8-4-7(13)5-11-8/h7-8,11,13H,4-6H2,1-3H3,(H,12,14)/t7-,8+/m0/s1. The van der Waals surface area contributed by atoms with Crippen LogP contribution in [-0.4, -0.2) is 47.3 Å². The van der Waals surface area contributed by atoms with Gasteiger partial charge in [-0.3, -0.25) is 4.79 Å². The van der Waals surface area contributed by atoms with Gasteiger partial charge in [-0.05, 0) is 26.5 Å². The van der Waals surface area contributed by atoms with Crippen molar-refractivity contribution in [2.24, 2.45) is 0 Å². The summed E-state index contributed by atoms with van der Waals surface area (Å²) in [5.74, 6) is -0.00586. The zero-order valence-corrected chi connectivity index (χ0v) is 10.4. The molecule has 0 unspecified atom stereocenters. The number of thioether (sulfide) groups is 1. The molecule has 0 aliphatic carbocycles. The summed E-state index contributed by atoms with van der Waals surface area (Å²) in [6.45, 7) is 5.36. The first-order valence-corrected chi connectivity index (χ1v) is 6.41. The van der Waals surface area contributed by atoms with Crippen LogP contribution in [0.1, 0.15) is 20.3 Å². The number of carbonyl (C=O) groups excluding carboxylic acids is 1. The zero-order valence-electron chi connectivity index (χ0n) is 9.54. The highest BCUT2D eigenvalue weighted by atomic mass is 32.2. The second kappa shape index (κ2) is 5.18. The quantitative estimate of drug-likeness (QED) is 0.637. The maximum atomic E-state index is 11.7. The van der Waals surface area contributed by atoms with Crippen molar-refractivity contribution in [2.45, 2.75) is 37.2 Å². The largest absolute Gasteiger partial charge is 0.392 e. The average molecular weight is 232 g/mol. The number of hydrogen-bond donors (Lipinski definition) is 3. The fraction of sp³-hybridized carbons (Fsp3) is 0.900. The third kappa shape index (κ3) is 4.01. The van der Waals surface area contributed by atoms with Crippen LogP contribution in [0, 0.1) is 0 Å². The number of rotatable bonds is 4. The third-order valence-corrected chi connectivity index (χ3v) is 3.91. The maximum Gasteiger partial charge on any atom is 0.237 e. The SMILES string of the molecule is CSC(C)(C)CNC(=O)[C@H]1C[C@H](O)CN1. The number of carbonyl (C=O) groups is 1. The summed E-state index contributed by atoms with van der Waals surface area (Å²) in [6.07, 6.45) is 2.17. The molecule has 1 heterocycles. The number of nitrogens with one attached hydrogen (secondary N) is 2. The van der Waals surface area contributed by atoms with E-state index >= 15 is 0 Å². The minimum Gasteiger partial charge on any atom is -0.392 e. The highest BCUT2D eigenvalue weighted by Crippen LogP contribution is 2.19. The van der Waals surface area contributed by atoms with Gasteiger partial charge in [0, 0.05) is 17.8 Å². The second-order valence-electron chi connectivity index (χ2n) is 4.53. The van der Waals surface area contributed by atoms with Crippen LogP contribution in [0.25, 0.3) is 0 Å². The first-order valence-electron chi connectivity index (χ1n) is 5.19. The molecule has 1 fully saturated rings. The Morgan fingerprint density at radius 3 is 2.80 bits per heavy atom. The van der Waals surface area contributed by atoms with E-state index in [0.717, 1.165) is 0 Å². The molecule has 3 N–H and O–H groups in total. The Bertz CT molecular complexity index is 233. The van der Waals surface area contributed by atoms with Gasteiger partial charge in [0.15, 0.2) is 0 Å². The van der Waals surface area contributed by atoms with E-state index in [4.69, 9.17) is 0 Å². The van der Waals surface area contributed by atoms with Crippen LogP contribution < -0.4 is 10.6 Å². The van der Waals surface area contributed by atoms with Gasteiger partial charge >= 0.3 is 0 Å². The Labute approximate surface area is 95.2 Å². The molecule has 0 bridgehead atoms. The minimum atomic E-state index is -0.380. The Morgan fingerprint density at radius 2 is 2.33 bits per heavy atom. The lowest BCUT2D eigenvalue weighted by Gasteiger charge is -2.23. The highest BCUT2D eigenvalue weighted by molar-refractivity contribution is 7.99. The molecule has 2 atom stereocenters. The Kier molecular flexibility index (Phi) is 4.43. The fourth-order valence-corrected chi connectivity index (χ4v) is 1.63. The van der Waals surface area contributed by atoms with Gasteiger partial charge in [0.05, 0.1) is 12.1 Å². The topological polar surface area (TPSA) is 61.4 Å². The molecule has 1 saturated heterocycles. The summed E-state index contributed by atoms with van der Waals surface area (Å²) in [6, 6.07) is -0.224. The van der Waals surface area contributed by atoms with E-state index in [9.17, 15) is 9.90 Å². The van der Waals surface area contributed by atoms with E-state index in [2.05, 4.69) is 24.5 Å². The smallest absolute Gasteiger partial charge is 0.237 e. The van der Waals surface area contributed by atoms with E-state index < -0.39 is 0 Å². The van der Waals surface area contributed by atoms with E-state index in [-0.39, 0.29) is 22.8 Å². The summed E-state index contributed by atoms with van der Waals surface area (Å²) in [5.41, 5.74) is 0. The second-order valence-corrected chi connectivity index (χ2v) is 6.05. The molecule has 0 aromatic heterocycles. The average Bonchev–Trinajstić information content (AvgIpc) is 2.61. The van der Waals surface area contributed by atoms with Crippen molar-refractivity contribution in [1.29, 1.82) is 0 Å². The van der Waals surface area contributed by atoms with Crippen molar-refractivity contribution < 1.29 is 9.90 Å². The molecule has 0 aromatic carbocycles. The predicted octanol–water partition coefficient (Wildman–Crippen LogP) is -0.0330. The summed E-state index contributed by atoms with van der Waals surface area (Å²) in [4.78, 5) is 11.7. The van der Waals surface area contributed by atoms with Gasteiger partial charge in [0.1, 0.15) is 0 Å². The number of β-amino-alcohol motifs (C(OH)–C–C–N with tert-alkyl or cyclic N) is 1. The van der Waals surface area contributed by atoms with E-state index in [1.807, 2.05) is 6.26 Å². The number of aliphatic hydroxyl groups excluding tert-OH is 1. The highest BCUT2D eigenvalue weighted by Gasteiger charge is 2.28. The molecule has 0 saturated carbocycles. The first-order chi connectivity index (χ1) is 6.94. The molecule has 0 radical (unpaired) electrons. The van der Waals surface area contributed by atoms with Gasteiger partial charge in [-0.2, -0.15) is 11.8 Å². The van der Waals surface area contributed by atoms with Crippen molar-refractivity contribution in [2.75, 3.05) is 19.3 Å². The normalized spacial score (nSPS) is 26.7. The molecule has 0 aromatic rings. The molecule has 4 nitrogen and oxygen atoms in total. The van der Waals surface area contributed by atoms with E-state index in [1.54, 1.807) is 11.8 Å².